The number of rotatable bonds is 5. The van der Waals surface area contributed by atoms with E-state index in [9.17, 15) is 4.79 Å². The van der Waals surface area contributed by atoms with Crippen molar-refractivity contribution in [2.24, 2.45) is 5.73 Å². The molecule has 1 aliphatic heterocycles. The number of benzene rings is 2. The van der Waals surface area contributed by atoms with Crippen LogP contribution >= 0.6 is 11.6 Å². The molecule has 1 amide bonds. The number of hydrogen-bond acceptors (Lipinski definition) is 7. The van der Waals surface area contributed by atoms with Crippen molar-refractivity contribution in [3.8, 4) is 22.9 Å². The molecule has 1 saturated heterocycles. The van der Waals surface area contributed by atoms with Gasteiger partial charge in [-0.15, -0.1) is 0 Å². The lowest BCUT2D eigenvalue weighted by Crippen LogP contribution is -2.42. The van der Waals surface area contributed by atoms with E-state index in [4.69, 9.17) is 27.1 Å². The lowest BCUT2D eigenvalue weighted by atomic mass is 10.0. The highest BCUT2D eigenvalue weighted by Gasteiger charge is 2.27. The Morgan fingerprint density at radius 1 is 1.07 bits per heavy atom. The molecule has 9 nitrogen and oxygen atoms in total. The van der Waals surface area contributed by atoms with Gasteiger partial charge < -0.3 is 19.9 Å². The number of nitrogens with zero attached hydrogens (tertiary/aromatic N) is 6. The summed E-state index contributed by atoms with van der Waals surface area (Å²) in [4.78, 5) is 31.5. The Kier molecular flexibility index (Phi) is 6.81. The Labute approximate surface area is 234 Å². The monoisotopic (exact) mass is 559 g/mol. The summed E-state index contributed by atoms with van der Waals surface area (Å²) in [6, 6.07) is 10.4. The van der Waals surface area contributed by atoms with Crippen LogP contribution in [0.15, 0.2) is 48.8 Å². The molecule has 0 atom stereocenters. The second kappa shape index (κ2) is 10.4. The number of amides is 1. The summed E-state index contributed by atoms with van der Waals surface area (Å²) in [5.74, 6) is 0.808. The summed E-state index contributed by atoms with van der Waals surface area (Å²) >= 11 is 6.65. The molecule has 6 rings (SSSR count). The average Bonchev–Trinajstić information content (AvgIpc) is 3.29. The number of nitrogens with two attached hydrogens (primary N) is 1. The van der Waals surface area contributed by atoms with E-state index in [0.29, 0.717) is 40.5 Å². The standard InChI is InChI=1S/C29H27ClFN7O2/c1-16-5-8-33-29(35-16)40-19-3-4-20(23(30)11-19)21-12-22-25(13-24(21)31)34-15-26-28(22)38(17(2)36-26)18-6-9-37(10-7-18)27(39)14-32/h3-5,8,11-13,15,18H,6-7,9-10,14,32H2,1-2H3. The van der Waals surface area contributed by atoms with Gasteiger partial charge in [0, 0.05) is 59.7 Å². The molecule has 5 aromatic rings. The van der Waals surface area contributed by atoms with Crippen LogP contribution < -0.4 is 10.5 Å². The molecule has 1 aliphatic rings. The molecule has 0 unspecified atom stereocenters. The van der Waals surface area contributed by atoms with Gasteiger partial charge in [0.2, 0.25) is 5.91 Å². The van der Waals surface area contributed by atoms with Crippen molar-refractivity contribution >= 4 is 39.4 Å². The van der Waals surface area contributed by atoms with Crippen molar-refractivity contribution in [1.29, 1.82) is 0 Å². The Bertz CT molecular complexity index is 1770. The van der Waals surface area contributed by atoms with Gasteiger partial charge in [0.05, 0.1) is 28.8 Å². The Hall–Kier alpha value is -4.15. The predicted octanol–water partition coefficient (Wildman–Crippen LogP) is 5.37. The third kappa shape index (κ3) is 4.73. The molecule has 0 radical (unpaired) electrons. The van der Waals surface area contributed by atoms with Gasteiger partial charge in [-0.25, -0.2) is 19.3 Å². The first kappa shape index (κ1) is 26.1. The summed E-state index contributed by atoms with van der Waals surface area (Å²) in [7, 11) is 0. The van der Waals surface area contributed by atoms with Gasteiger partial charge >= 0.3 is 6.01 Å². The van der Waals surface area contributed by atoms with Gasteiger partial charge in [-0.3, -0.25) is 9.78 Å². The molecule has 1 fully saturated rings. The maximum Gasteiger partial charge on any atom is 0.322 e. The smallest absolute Gasteiger partial charge is 0.322 e. The van der Waals surface area contributed by atoms with Crippen LogP contribution in [0.25, 0.3) is 33.1 Å². The number of fused-ring (bicyclic) bond motifs is 3. The maximum atomic E-state index is 15.5. The first-order valence-corrected chi connectivity index (χ1v) is 13.4. The van der Waals surface area contributed by atoms with Crippen molar-refractivity contribution in [3.63, 3.8) is 0 Å². The van der Waals surface area contributed by atoms with E-state index in [1.807, 2.05) is 13.8 Å². The maximum absolute atomic E-state index is 15.5. The molecule has 204 valence electrons. The van der Waals surface area contributed by atoms with Crippen LogP contribution in [0.4, 0.5) is 4.39 Å². The topological polar surface area (TPSA) is 112 Å². The number of ether oxygens (including phenoxy) is 1. The van der Waals surface area contributed by atoms with Crippen molar-refractivity contribution in [2.75, 3.05) is 19.6 Å². The molecule has 0 bridgehead atoms. The first-order valence-electron chi connectivity index (χ1n) is 13.0. The van der Waals surface area contributed by atoms with Crippen LogP contribution in [-0.4, -0.2) is 54.9 Å². The van der Waals surface area contributed by atoms with Crippen LogP contribution in [0.1, 0.15) is 30.4 Å². The third-order valence-corrected chi connectivity index (χ3v) is 7.66. The second-order valence-corrected chi connectivity index (χ2v) is 10.3. The number of pyridine rings is 1. The van der Waals surface area contributed by atoms with Gasteiger partial charge in [-0.05, 0) is 51.0 Å². The van der Waals surface area contributed by atoms with Crippen LogP contribution in [-0.2, 0) is 4.79 Å². The zero-order valence-electron chi connectivity index (χ0n) is 22.1. The number of carbonyl (C=O) groups is 1. The quantitative estimate of drug-likeness (QED) is 0.308. The van der Waals surface area contributed by atoms with Crippen LogP contribution in [0.3, 0.4) is 0 Å². The number of aryl methyl sites for hydroxylation is 2. The van der Waals surface area contributed by atoms with Crippen LogP contribution in [0, 0.1) is 19.7 Å². The second-order valence-electron chi connectivity index (χ2n) is 9.91. The van der Waals surface area contributed by atoms with E-state index in [1.54, 1.807) is 47.6 Å². The minimum absolute atomic E-state index is 0.0116. The molecule has 4 heterocycles. The molecule has 11 heteroatoms. The van der Waals surface area contributed by atoms with Gasteiger partial charge in [0.25, 0.3) is 0 Å². The van der Waals surface area contributed by atoms with Crippen molar-refractivity contribution in [1.82, 2.24) is 29.4 Å². The average molecular weight is 560 g/mol. The SMILES string of the molecule is Cc1ccnc(Oc2ccc(-c3cc4c(cc3F)ncc3nc(C)n(C5CCN(C(=O)CN)CC5)c34)c(Cl)c2)n1. The fourth-order valence-electron chi connectivity index (χ4n) is 5.43. The van der Waals surface area contributed by atoms with Crippen molar-refractivity contribution < 1.29 is 13.9 Å². The third-order valence-electron chi connectivity index (χ3n) is 7.35. The lowest BCUT2D eigenvalue weighted by Gasteiger charge is -2.33. The lowest BCUT2D eigenvalue weighted by molar-refractivity contribution is -0.130. The summed E-state index contributed by atoms with van der Waals surface area (Å²) in [6.45, 7) is 5.07. The molecular formula is C29H27ClFN7O2. The highest BCUT2D eigenvalue weighted by molar-refractivity contribution is 6.33. The molecular weight excluding hydrogens is 533 g/mol. The predicted molar refractivity (Wildman–Crippen MR) is 151 cm³/mol. The van der Waals surface area contributed by atoms with Gasteiger partial charge in [0.15, 0.2) is 0 Å². The Balaban J connectivity index is 1.40. The zero-order chi connectivity index (χ0) is 28.0. The van der Waals surface area contributed by atoms with E-state index in [1.165, 1.54) is 6.07 Å². The molecule has 0 aliphatic carbocycles. The van der Waals surface area contributed by atoms with E-state index in [0.717, 1.165) is 40.8 Å². The summed E-state index contributed by atoms with van der Waals surface area (Å²) < 4.78 is 23.4. The number of carbonyl (C=O) groups excluding carboxylic acids is 1. The number of likely N-dealkylation sites (tertiary alicyclic amines) is 1. The minimum atomic E-state index is -0.437. The molecule has 2 aromatic carbocycles. The minimum Gasteiger partial charge on any atom is -0.424 e. The highest BCUT2D eigenvalue weighted by Crippen LogP contribution is 2.38. The number of imidazole rings is 1. The largest absolute Gasteiger partial charge is 0.424 e. The van der Waals surface area contributed by atoms with E-state index in [-0.39, 0.29) is 24.5 Å². The van der Waals surface area contributed by atoms with Gasteiger partial charge in [-0.2, -0.15) is 0 Å². The van der Waals surface area contributed by atoms with Gasteiger partial charge in [-0.1, -0.05) is 11.6 Å². The molecule has 2 N–H and O–H groups in total. The Morgan fingerprint density at radius 2 is 1.88 bits per heavy atom. The molecule has 0 saturated carbocycles. The van der Waals surface area contributed by atoms with Crippen molar-refractivity contribution in [2.45, 2.75) is 32.7 Å². The highest BCUT2D eigenvalue weighted by atomic mass is 35.5. The number of hydrogen-bond donors (Lipinski definition) is 1. The Morgan fingerprint density at radius 3 is 2.60 bits per heavy atom. The van der Waals surface area contributed by atoms with Gasteiger partial charge in [0.1, 0.15) is 22.9 Å². The molecule has 40 heavy (non-hydrogen) atoms. The normalized spacial score (nSPS) is 14.3. The number of piperidine rings is 1. The van der Waals surface area contributed by atoms with E-state index < -0.39 is 5.82 Å². The zero-order valence-corrected chi connectivity index (χ0v) is 22.8. The van der Waals surface area contributed by atoms with E-state index >= 15 is 4.39 Å². The summed E-state index contributed by atoms with van der Waals surface area (Å²) in [5.41, 5.74) is 9.35. The fourth-order valence-corrected chi connectivity index (χ4v) is 5.70. The molecule has 0 spiro atoms. The number of halogens is 2. The number of aromatic nitrogens is 5. The summed E-state index contributed by atoms with van der Waals surface area (Å²) in [5, 5.41) is 1.10. The molecule has 3 aromatic heterocycles. The fraction of sp³-hybridized carbons (Fsp3) is 0.276. The first-order chi connectivity index (χ1) is 19.3. The van der Waals surface area contributed by atoms with Crippen molar-refractivity contribution in [3.05, 3.63) is 71.2 Å². The van der Waals surface area contributed by atoms with E-state index in [2.05, 4.69) is 19.5 Å². The van der Waals surface area contributed by atoms with Crippen LogP contribution in [0.5, 0.6) is 11.8 Å². The van der Waals surface area contributed by atoms with Crippen LogP contribution in [0.2, 0.25) is 5.02 Å². The summed E-state index contributed by atoms with van der Waals surface area (Å²) in [6.07, 6.45) is 4.84.